The van der Waals surface area contributed by atoms with Crippen molar-refractivity contribution in [2.75, 3.05) is 7.11 Å². The predicted octanol–water partition coefficient (Wildman–Crippen LogP) is 1.03. The molecule has 0 aliphatic carbocycles. The summed E-state index contributed by atoms with van der Waals surface area (Å²) in [6.45, 7) is 4.39. The van der Waals surface area contributed by atoms with E-state index in [1.54, 1.807) is 23.9 Å². The van der Waals surface area contributed by atoms with Crippen LogP contribution in [0.5, 0.6) is 5.88 Å². The molecule has 2 rings (SSSR count). The second-order valence-corrected chi connectivity index (χ2v) is 4.51. The minimum absolute atomic E-state index is 0.238. The van der Waals surface area contributed by atoms with Crippen LogP contribution >= 0.6 is 0 Å². The number of aryl methyl sites for hydroxylation is 1. The van der Waals surface area contributed by atoms with Gasteiger partial charge >= 0.3 is 11.6 Å². The summed E-state index contributed by atoms with van der Waals surface area (Å²) in [5, 5.41) is 23.9. The van der Waals surface area contributed by atoms with Gasteiger partial charge in [-0.15, -0.1) is 5.10 Å². The van der Waals surface area contributed by atoms with Crippen LogP contribution < -0.4 is 10.1 Å². The number of H-pyrrole nitrogens is 1. The summed E-state index contributed by atoms with van der Waals surface area (Å²) in [5.74, 6) is -0.890. The van der Waals surface area contributed by atoms with Crippen LogP contribution in [0.15, 0.2) is 12.3 Å². The van der Waals surface area contributed by atoms with Gasteiger partial charge < -0.3 is 10.1 Å². The summed E-state index contributed by atoms with van der Waals surface area (Å²) in [5.41, 5.74) is -0.0979. The predicted molar refractivity (Wildman–Crippen MR) is 75.6 cm³/mol. The molecular weight excluding hydrogens is 292 g/mol. The third kappa shape index (κ3) is 2.90. The van der Waals surface area contributed by atoms with Crippen LogP contribution in [0.25, 0.3) is 0 Å². The first-order chi connectivity index (χ1) is 10.5. The number of hydrogen-bond donors (Lipinski definition) is 2. The first kappa shape index (κ1) is 15.5. The molecule has 1 amide bonds. The number of carbonyl (C=O) groups excluding carboxylic acids is 1. The number of nitrogens with zero attached hydrogens (tertiary/aromatic N) is 4. The number of methoxy groups -OCH3 is 1. The largest absolute Gasteiger partial charge is 0.475 e. The molecule has 2 heterocycles. The average Bonchev–Trinajstić information content (AvgIpc) is 3.13. The second kappa shape index (κ2) is 6.24. The lowest BCUT2D eigenvalue weighted by atomic mass is 10.2. The zero-order valence-electron chi connectivity index (χ0n) is 12.4. The maximum absolute atomic E-state index is 12.2. The SMILES string of the molecule is CCn1ccc(C(C)NC(=O)c2[nH]nc(OC)c2[N+](=O)[O-])n1. The van der Waals surface area contributed by atoms with E-state index in [9.17, 15) is 14.9 Å². The van der Waals surface area contributed by atoms with Crippen LogP contribution in [-0.2, 0) is 6.54 Å². The lowest BCUT2D eigenvalue weighted by Crippen LogP contribution is -2.28. The van der Waals surface area contributed by atoms with Gasteiger partial charge in [-0.05, 0) is 19.9 Å². The maximum Gasteiger partial charge on any atom is 0.362 e. The van der Waals surface area contributed by atoms with Crippen LogP contribution in [0.4, 0.5) is 5.69 Å². The molecule has 10 nitrogen and oxygen atoms in total. The summed E-state index contributed by atoms with van der Waals surface area (Å²) < 4.78 is 6.49. The smallest absolute Gasteiger partial charge is 0.362 e. The summed E-state index contributed by atoms with van der Waals surface area (Å²) in [7, 11) is 1.24. The molecule has 2 aromatic rings. The van der Waals surface area contributed by atoms with E-state index in [4.69, 9.17) is 4.74 Å². The molecule has 0 fully saturated rings. The first-order valence-electron chi connectivity index (χ1n) is 6.58. The van der Waals surface area contributed by atoms with Crippen LogP contribution in [-0.4, -0.2) is 37.9 Å². The molecule has 1 atom stereocenters. The highest BCUT2D eigenvalue weighted by Gasteiger charge is 2.30. The quantitative estimate of drug-likeness (QED) is 0.606. The van der Waals surface area contributed by atoms with Gasteiger partial charge in [0.05, 0.1) is 23.8 Å². The summed E-state index contributed by atoms with van der Waals surface area (Å²) in [4.78, 5) is 22.5. The number of amides is 1. The van der Waals surface area contributed by atoms with Gasteiger partial charge in [0, 0.05) is 12.7 Å². The normalized spacial score (nSPS) is 12.0. The maximum atomic E-state index is 12.2. The number of nitro groups is 1. The van der Waals surface area contributed by atoms with Crippen molar-refractivity contribution in [2.24, 2.45) is 0 Å². The van der Waals surface area contributed by atoms with E-state index in [-0.39, 0.29) is 11.6 Å². The molecular formula is C12H16N6O4. The van der Waals surface area contributed by atoms with E-state index in [0.717, 1.165) is 0 Å². The highest BCUT2D eigenvalue weighted by atomic mass is 16.6. The van der Waals surface area contributed by atoms with Crippen molar-refractivity contribution in [3.05, 3.63) is 33.8 Å². The standard InChI is InChI=1S/C12H16N6O4/c1-4-17-6-5-8(16-17)7(2)13-11(19)9-10(18(20)21)12(22-3)15-14-9/h5-7H,4H2,1-3H3,(H,13,19)(H,14,15). The Morgan fingerprint density at radius 2 is 2.36 bits per heavy atom. The number of ether oxygens (including phenoxy) is 1. The zero-order valence-corrected chi connectivity index (χ0v) is 12.4. The Bertz CT molecular complexity index is 692. The molecule has 0 aliphatic rings. The molecule has 0 spiro atoms. The fraction of sp³-hybridized carbons (Fsp3) is 0.417. The van der Waals surface area contributed by atoms with Gasteiger partial charge in [-0.3, -0.25) is 24.7 Å². The summed E-state index contributed by atoms with van der Waals surface area (Å²) in [6, 6.07) is 1.37. The Hall–Kier alpha value is -2.91. The number of nitrogens with one attached hydrogen (secondary N) is 2. The molecule has 1 unspecified atom stereocenters. The highest BCUT2D eigenvalue weighted by Crippen LogP contribution is 2.27. The van der Waals surface area contributed by atoms with Gasteiger partial charge in [0.25, 0.3) is 5.91 Å². The van der Waals surface area contributed by atoms with Crippen molar-refractivity contribution >= 4 is 11.6 Å². The van der Waals surface area contributed by atoms with E-state index in [0.29, 0.717) is 12.2 Å². The van der Waals surface area contributed by atoms with E-state index < -0.39 is 22.6 Å². The van der Waals surface area contributed by atoms with E-state index in [2.05, 4.69) is 20.6 Å². The molecule has 2 aromatic heterocycles. The van der Waals surface area contributed by atoms with Crippen molar-refractivity contribution in [3.63, 3.8) is 0 Å². The molecule has 10 heteroatoms. The van der Waals surface area contributed by atoms with Crippen molar-refractivity contribution in [1.82, 2.24) is 25.3 Å². The van der Waals surface area contributed by atoms with E-state index in [1.807, 2.05) is 6.92 Å². The van der Waals surface area contributed by atoms with E-state index >= 15 is 0 Å². The Kier molecular flexibility index (Phi) is 4.39. The molecule has 2 N–H and O–H groups in total. The van der Waals surface area contributed by atoms with Crippen molar-refractivity contribution < 1.29 is 14.5 Å². The minimum atomic E-state index is -0.715. The van der Waals surface area contributed by atoms with Gasteiger partial charge in [0.15, 0.2) is 0 Å². The van der Waals surface area contributed by atoms with Crippen LogP contribution in [0, 0.1) is 10.1 Å². The fourth-order valence-electron chi connectivity index (χ4n) is 1.92. The number of rotatable bonds is 6. The van der Waals surface area contributed by atoms with Crippen molar-refractivity contribution in [2.45, 2.75) is 26.4 Å². The van der Waals surface area contributed by atoms with E-state index in [1.165, 1.54) is 7.11 Å². The molecule has 0 radical (unpaired) electrons. The minimum Gasteiger partial charge on any atom is -0.475 e. The Labute approximate surface area is 125 Å². The fourth-order valence-corrected chi connectivity index (χ4v) is 1.92. The van der Waals surface area contributed by atoms with Gasteiger partial charge in [-0.2, -0.15) is 5.10 Å². The molecule has 118 valence electrons. The summed E-state index contributed by atoms with van der Waals surface area (Å²) >= 11 is 0. The lowest BCUT2D eigenvalue weighted by molar-refractivity contribution is -0.386. The van der Waals surface area contributed by atoms with Gasteiger partial charge in [0.1, 0.15) is 0 Å². The van der Waals surface area contributed by atoms with Crippen molar-refractivity contribution in [1.29, 1.82) is 0 Å². The number of hydrogen-bond acceptors (Lipinski definition) is 6. The lowest BCUT2D eigenvalue weighted by Gasteiger charge is -2.10. The molecule has 0 aromatic carbocycles. The molecule has 0 saturated heterocycles. The Balaban J connectivity index is 2.18. The molecule has 0 aliphatic heterocycles. The molecule has 0 saturated carbocycles. The number of aromatic nitrogens is 4. The first-order valence-corrected chi connectivity index (χ1v) is 6.58. The second-order valence-electron chi connectivity index (χ2n) is 4.51. The van der Waals surface area contributed by atoms with Crippen molar-refractivity contribution in [3.8, 4) is 5.88 Å². The molecule has 22 heavy (non-hydrogen) atoms. The third-order valence-corrected chi connectivity index (χ3v) is 3.09. The Morgan fingerprint density at radius 1 is 1.64 bits per heavy atom. The average molecular weight is 308 g/mol. The van der Waals surface area contributed by atoms with Crippen LogP contribution in [0.3, 0.4) is 0 Å². The van der Waals surface area contributed by atoms with Crippen LogP contribution in [0.1, 0.15) is 36.1 Å². The zero-order chi connectivity index (χ0) is 16.3. The van der Waals surface area contributed by atoms with Gasteiger partial charge in [0.2, 0.25) is 5.69 Å². The highest BCUT2D eigenvalue weighted by molar-refractivity contribution is 5.97. The number of aromatic amines is 1. The monoisotopic (exact) mass is 308 g/mol. The summed E-state index contributed by atoms with van der Waals surface area (Å²) in [6.07, 6.45) is 1.79. The topological polar surface area (TPSA) is 128 Å². The number of carbonyl (C=O) groups is 1. The van der Waals surface area contributed by atoms with Gasteiger partial charge in [-0.1, -0.05) is 0 Å². The third-order valence-electron chi connectivity index (χ3n) is 3.09. The van der Waals surface area contributed by atoms with Gasteiger partial charge in [-0.25, -0.2) is 0 Å². The van der Waals surface area contributed by atoms with Crippen LogP contribution in [0.2, 0.25) is 0 Å². The molecule has 0 bridgehead atoms. The Morgan fingerprint density at radius 3 is 2.91 bits per heavy atom.